The predicted octanol–water partition coefficient (Wildman–Crippen LogP) is 2.23. The van der Waals surface area contributed by atoms with E-state index in [1.165, 1.54) is 0 Å². The number of rotatable bonds is 6. The van der Waals surface area contributed by atoms with Crippen LogP contribution in [0.4, 0.5) is 5.69 Å². The Bertz CT molecular complexity index is 557. The normalized spacial score (nSPS) is 10.1. The molecule has 0 spiro atoms. The number of anilines is 1. The van der Waals surface area contributed by atoms with Gasteiger partial charge in [0.25, 0.3) is 5.91 Å². The lowest BCUT2D eigenvalue weighted by Gasteiger charge is -2.10. The molecule has 0 fully saturated rings. The van der Waals surface area contributed by atoms with Gasteiger partial charge in [-0.2, -0.15) is 0 Å². The van der Waals surface area contributed by atoms with Crippen LogP contribution in [0.25, 0.3) is 0 Å². The molecule has 0 aliphatic carbocycles. The lowest BCUT2D eigenvalue weighted by molar-refractivity contribution is 0.0951. The van der Waals surface area contributed by atoms with Crippen LogP contribution in [0.2, 0.25) is 0 Å². The molecule has 0 aliphatic heterocycles. The van der Waals surface area contributed by atoms with E-state index in [4.69, 9.17) is 0 Å². The Hall–Kier alpha value is -2.43. The van der Waals surface area contributed by atoms with Gasteiger partial charge in [-0.1, -0.05) is 13.0 Å². The van der Waals surface area contributed by atoms with Gasteiger partial charge in [0.15, 0.2) is 0 Å². The summed E-state index contributed by atoms with van der Waals surface area (Å²) in [5.41, 5.74) is 2.19. The summed E-state index contributed by atoms with van der Waals surface area (Å²) in [6.45, 7) is 3.31. The van der Waals surface area contributed by atoms with Crippen molar-refractivity contribution in [3.05, 3.63) is 54.1 Å². The molecule has 5 heteroatoms. The lowest BCUT2D eigenvalue weighted by atomic mass is 10.2. The summed E-state index contributed by atoms with van der Waals surface area (Å²) in [6.07, 6.45) is 5.95. The second-order valence-corrected chi connectivity index (χ2v) is 4.35. The Morgan fingerprint density at radius 1 is 1.25 bits per heavy atom. The summed E-state index contributed by atoms with van der Waals surface area (Å²) >= 11 is 0. The molecule has 0 saturated carbocycles. The maximum Gasteiger partial charge on any atom is 0.255 e. The van der Waals surface area contributed by atoms with Crippen LogP contribution in [0, 0.1) is 0 Å². The van der Waals surface area contributed by atoms with Crippen molar-refractivity contribution in [1.82, 2.24) is 15.3 Å². The smallest absolute Gasteiger partial charge is 0.255 e. The molecule has 2 aromatic rings. The molecule has 2 aromatic heterocycles. The van der Waals surface area contributed by atoms with E-state index in [-0.39, 0.29) is 5.91 Å². The fourth-order valence-electron chi connectivity index (χ4n) is 1.76. The molecule has 0 bridgehead atoms. The van der Waals surface area contributed by atoms with E-state index >= 15 is 0 Å². The molecule has 0 aliphatic rings. The first-order chi connectivity index (χ1) is 9.81. The minimum Gasteiger partial charge on any atom is -0.384 e. The van der Waals surface area contributed by atoms with Crippen molar-refractivity contribution in [2.24, 2.45) is 0 Å². The van der Waals surface area contributed by atoms with E-state index in [0.29, 0.717) is 12.1 Å². The maximum absolute atomic E-state index is 12.2. The topological polar surface area (TPSA) is 66.9 Å². The zero-order valence-corrected chi connectivity index (χ0v) is 11.5. The van der Waals surface area contributed by atoms with Crippen molar-refractivity contribution in [2.75, 3.05) is 11.9 Å². The van der Waals surface area contributed by atoms with Crippen LogP contribution in [0.1, 0.15) is 29.4 Å². The van der Waals surface area contributed by atoms with Gasteiger partial charge in [-0.3, -0.25) is 14.8 Å². The quantitative estimate of drug-likeness (QED) is 0.844. The molecule has 104 valence electrons. The largest absolute Gasteiger partial charge is 0.384 e. The third kappa shape index (κ3) is 3.78. The summed E-state index contributed by atoms with van der Waals surface area (Å²) in [5.74, 6) is -0.151. The summed E-state index contributed by atoms with van der Waals surface area (Å²) in [4.78, 5) is 20.4. The van der Waals surface area contributed by atoms with Crippen molar-refractivity contribution in [2.45, 2.75) is 19.9 Å². The maximum atomic E-state index is 12.2. The van der Waals surface area contributed by atoms with Gasteiger partial charge in [0.1, 0.15) is 0 Å². The van der Waals surface area contributed by atoms with Crippen molar-refractivity contribution in [3.8, 4) is 0 Å². The van der Waals surface area contributed by atoms with Crippen molar-refractivity contribution >= 4 is 11.6 Å². The first-order valence-electron chi connectivity index (χ1n) is 6.67. The first kappa shape index (κ1) is 14.0. The lowest BCUT2D eigenvalue weighted by Crippen LogP contribution is -2.24. The summed E-state index contributed by atoms with van der Waals surface area (Å²) < 4.78 is 0. The SMILES string of the molecule is CCCNc1ccncc1C(=O)NCc1ccccn1. The Balaban J connectivity index is 2.01. The van der Waals surface area contributed by atoms with Crippen LogP contribution in [0.5, 0.6) is 0 Å². The molecule has 1 amide bonds. The van der Waals surface area contributed by atoms with Crippen LogP contribution in [-0.2, 0) is 6.54 Å². The number of nitrogens with zero attached hydrogens (tertiary/aromatic N) is 2. The Morgan fingerprint density at radius 3 is 2.90 bits per heavy atom. The van der Waals surface area contributed by atoms with Crippen LogP contribution in [0.15, 0.2) is 42.9 Å². The number of hydrogen-bond donors (Lipinski definition) is 2. The van der Waals surface area contributed by atoms with Gasteiger partial charge in [0, 0.05) is 25.1 Å². The van der Waals surface area contributed by atoms with E-state index in [0.717, 1.165) is 24.3 Å². The fourth-order valence-corrected chi connectivity index (χ4v) is 1.76. The van der Waals surface area contributed by atoms with E-state index in [1.54, 1.807) is 18.6 Å². The average Bonchev–Trinajstić information content (AvgIpc) is 2.52. The van der Waals surface area contributed by atoms with Gasteiger partial charge in [-0.15, -0.1) is 0 Å². The van der Waals surface area contributed by atoms with E-state index < -0.39 is 0 Å². The van der Waals surface area contributed by atoms with Crippen molar-refractivity contribution < 1.29 is 4.79 Å². The fraction of sp³-hybridized carbons (Fsp3) is 0.267. The monoisotopic (exact) mass is 270 g/mol. The second kappa shape index (κ2) is 7.23. The average molecular weight is 270 g/mol. The molecule has 2 N–H and O–H groups in total. The molecular formula is C15H18N4O. The van der Waals surface area contributed by atoms with Crippen LogP contribution < -0.4 is 10.6 Å². The third-order valence-corrected chi connectivity index (χ3v) is 2.79. The molecule has 0 atom stereocenters. The van der Waals surface area contributed by atoms with E-state index in [9.17, 15) is 4.79 Å². The number of hydrogen-bond acceptors (Lipinski definition) is 4. The number of amides is 1. The zero-order valence-electron chi connectivity index (χ0n) is 11.5. The summed E-state index contributed by atoms with van der Waals surface area (Å²) in [6, 6.07) is 7.43. The highest BCUT2D eigenvalue weighted by atomic mass is 16.1. The highest BCUT2D eigenvalue weighted by Crippen LogP contribution is 2.13. The Morgan fingerprint density at radius 2 is 2.15 bits per heavy atom. The van der Waals surface area contributed by atoms with Gasteiger partial charge in [-0.05, 0) is 24.6 Å². The number of nitrogens with one attached hydrogen (secondary N) is 2. The molecule has 0 unspecified atom stereocenters. The second-order valence-electron chi connectivity index (χ2n) is 4.35. The molecule has 5 nitrogen and oxygen atoms in total. The number of carbonyl (C=O) groups excluding carboxylic acids is 1. The highest BCUT2D eigenvalue weighted by molar-refractivity contribution is 5.99. The summed E-state index contributed by atoms with van der Waals surface area (Å²) in [7, 11) is 0. The molecule has 0 saturated heterocycles. The molecular weight excluding hydrogens is 252 g/mol. The van der Waals surface area contributed by atoms with E-state index in [2.05, 4.69) is 27.5 Å². The molecule has 2 heterocycles. The zero-order chi connectivity index (χ0) is 14.2. The summed E-state index contributed by atoms with van der Waals surface area (Å²) in [5, 5.41) is 6.08. The third-order valence-electron chi connectivity index (χ3n) is 2.79. The van der Waals surface area contributed by atoms with Gasteiger partial charge in [0.05, 0.1) is 23.5 Å². The molecule has 0 radical (unpaired) electrons. The predicted molar refractivity (Wildman–Crippen MR) is 78.4 cm³/mol. The standard InChI is InChI=1S/C15H18N4O/c1-2-7-18-14-6-9-16-11-13(14)15(20)19-10-12-5-3-4-8-17-12/h3-6,8-9,11H,2,7,10H2,1H3,(H,16,18)(H,19,20). The van der Waals surface area contributed by atoms with Gasteiger partial charge in [0.2, 0.25) is 0 Å². The molecule has 20 heavy (non-hydrogen) atoms. The highest BCUT2D eigenvalue weighted by Gasteiger charge is 2.10. The van der Waals surface area contributed by atoms with Gasteiger partial charge >= 0.3 is 0 Å². The van der Waals surface area contributed by atoms with Crippen LogP contribution >= 0.6 is 0 Å². The number of carbonyl (C=O) groups is 1. The van der Waals surface area contributed by atoms with E-state index in [1.807, 2.05) is 24.3 Å². The minimum absolute atomic E-state index is 0.151. The molecule has 2 rings (SSSR count). The van der Waals surface area contributed by atoms with Crippen LogP contribution in [-0.4, -0.2) is 22.4 Å². The first-order valence-corrected chi connectivity index (χ1v) is 6.67. The number of pyridine rings is 2. The Kier molecular flexibility index (Phi) is 5.06. The number of aromatic nitrogens is 2. The molecule has 0 aromatic carbocycles. The van der Waals surface area contributed by atoms with Gasteiger partial charge in [-0.25, -0.2) is 0 Å². The minimum atomic E-state index is -0.151. The van der Waals surface area contributed by atoms with Crippen molar-refractivity contribution in [1.29, 1.82) is 0 Å². The van der Waals surface area contributed by atoms with Crippen molar-refractivity contribution in [3.63, 3.8) is 0 Å². The van der Waals surface area contributed by atoms with Crippen LogP contribution in [0.3, 0.4) is 0 Å². The Labute approximate surface area is 118 Å². The van der Waals surface area contributed by atoms with Gasteiger partial charge < -0.3 is 10.6 Å².